The van der Waals surface area contributed by atoms with E-state index in [1.54, 1.807) is 24.3 Å². The number of fused-ring (bicyclic) bond motifs is 1. The summed E-state index contributed by atoms with van der Waals surface area (Å²) >= 11 is 1.29. The van der Waals surface area contributed by atoms with Crippen LogP contribution in [0.4, 0.5) is 0 Å². The molecule has 2 heterocycles. The van der Waals surface area contributed by atoms with Crippen LogP contribution in [0, 0.1) is 0 Å². The van der Waals surface area contributed by atoms with Crippen molar-refractivity contribution in [3.8, 4) is 0 Å². The van der Waals surface area contributed by atoms with E-state index in [-0.39, 0.29) is 31.0 Å². The number of carboxylic acid groups (broad SMARTS) is 1. The smallest absolute Gasteiger partial charge is 0.352 e. The minimum Gasteiger partial charge on any atom is -0.477 e. The summed E-state index contributed by atoms with van der Waals surface area (Å²) in [6.45, 7) is 1.11. The maximum absolute atomic E-state index is 12.6. The van der Waals surface area contributed by atoms with Crippen LogP contribution >= 0.6 is 11.8 Å². The molecule has 0 spiro atoms. The predicted molar refractivity (Wildman–Crippen MR) is 109 cm³/mol. The van der Waals surface area contributed by atoms with E-state index in [0.29, 0.717) is 16.7 Å². The van der Waals surface area contributed by atoms with Crippen molar-refractivity contribution < 1.29 is 29.0 Å². The van der Waals surface area contributed by atoms with Crippen molar-refractivity contribution in [2.45, 2.75) is 31.3 Å². The summed E-state index contributed by atoms with van der Waals surface area (Å²) in [4.78, 5) is 51.8. The van der Waals surface area contributed by atoms with Crippen LogP contribution in [0.15, 0.2) is 40.6 Å². The molecule has 1 aromatic rings. The highest BCUT2D eigenvalue weighted by Gasteiger charge is 2.54. The number of benzene rings is 1. The molecule has 1 saturated heterocycles. The zero-order valence-corrected chi connectivity index (χ0v) is 17.3. The van der Waals surface area contributed by atoms with E-state index in [1.807, 2.05) is 0 Å². The van der Waals surface area contributed by atoms with Crippen LogP contribution in [0.25, 0.3) is 10.4 Å². The number of nitrogens with zero attached hydrogens (tertiary/aromatic N) is 4. The first-order valence-corrected chi connectivity index (χ1v) is 10.3. The summed E-state index contributed by atoms with van der Waals surface area (Å²) in [5.41, 5.74) is 9.99. The molecule has 1 unspecified atom stereocenters. The average Bonchev–Trinajstić information content (AvgIpc) is 2.74. The molecule has 2 amide bonds. The number of thioether (sulfide) groups is 1. The molecule has 1 fully saturated rings. The largest absolute Gasteiger partial charge is 0.477 e. The second kappa shape index (κ2) is 9.54. The van der Waals surface area contributed by atoms with Gasteiger partial charge in [-0.15, -0.1) is 11.8 Å². The van der Waals surface area contributed by atoms with Gasteiger partial charge in [0.15, 0.2) is 0 Å². The van der Waals surface area contributed by atoms with Gasteiger partial charge in [0.05, 0.1) is 13.0 Å². The van der Waals surface area contributed by atoms with Gasteiger partial charge in [-0.3, -0.25) is 19.3 Å². The van der Waals surface area contributed by atoms with Crippen LogP contribution in [0.5, 0.6) is 0 Å². The number of carbonyl (C=O) groups is 4. The molecular weight excluding hydrogens is 426 g/mol. The number of amides is 2. The molecule has 0 saturated carbocycles. The number of azide groups is 1. The fourth-order valence-corrected chi connectivity index (χ4v) is 4.70. The third-order valence-electron chi connectivity index (χ3n) is 4.79. The molecule has 1 aromatic carbocycles. The Morgan fingerprint density at radius 2 is 2.06 bits per heavy atom. The lowest BCUT2D eigenvalue weighted by Crippen LogP contribution is -2.70. The molecule has 0 bridgehead atoms. The Morgan fingerprint density at radius 1 is 1.35 bits per heavy atom. The lowest BCUT2D eigenvalue weighted by atomic mass is 10.0. The number of β-lactam (4-membered cyclic amide) rings is 1. The summed E-state index contributed by atoms with van der Waals surface area (Å²) in [5, 5.41) is 15.2. The molecule has 2 N–H and O–H groups in total. The number of carbonyl (C=O) groups excluding carboxylic acids is 3. The first-order valence-electron chi connectivity index (χ1n) is 9.23. The SMILES string of the molecule is CC(=O)OCC1=C(C(=O)O)N2C(=O)C(NC(=O)Cc3ccccc3CN=[N+]=[N-])[C@@H]2SC1. The lowest BCUT2D eigenvalue weighted by Gasteiger charge is -2.49. The van der Waals surface area contributed by atoms with Crippen molar-refractivity contribution in [1.82, 2.24) is 10.2 Å². The molecule has 2 aliphatic rings. The van der Waals surface area contributed by atoms with Gasteiger partial charge >= 0.3 is 11.9 Å². The Labute approximate surface area is 181 Å². The highest BCUT2D eigenvalue weighted by Crippen LogP contribution is 2.40. The van der Waals surface area contributed by atoms with Gasteiger partial charge in [-0.25, -0.2) is 4.79 Å². The quantitative estimate of drug-likeness (QED) is 0.200. The molecule has 2 atom stereocenters. The summed E-state index contributed by atoms with van der Waals surface area (Å²) < 4.78 is 4.89. The minimum atomic E-state index is -1.29. The molecule has 12 heteroatoms. The zero-order valence-electron chi connectivity index (χ0n) is 16.5. The minimum absolute atomic E-state index is 0.0163. The third-order valence-corrected chi connectivity index (χ3v) is 6.13. The second-order valence-corrected chi connectivity index (χ2v) is 7.93. The summed E-state index contributed by atoms with van der Waals surface area (Å²) in [6.07, 6.45) is -0.0163. The summed E-state index contributed by atoms with van der Waals surface area (Å²) in [6, 6.07) is 6.15. The number of aliphatic carboxylic acids is 1. The first-order chi connectivity index (χ1) is 14.8. The zero-order chi connectivity index (χ0) is 22.5. The number of nitrogens with one attached hydrogen (secondary N) is 1. The van der Waals surface area contributed by atoms with Crippen LogP contribution in [0.2, 0.25) is 0 Å². The fourth-order valence-electron chi connectivity index (χ4n) is 3.37. The number of ether oxygens (including phenoxy) is 1. The van der Waals surface area contributed by atoms with E-state index < -0.39 is 35.2 Å². The Kier molecular flexibility index (Phi) is 6.83. The van der Waals surface area contributed by atoms with Crippen molar-refractivity contribution >= 4 is 35.5 Å². The molecular formula is C19H19N5O6S. The molecule has 0 aliphatic carbocycles. The molecule has 3 rings (SSSR count). The van der Waals surface area contributed by atoms with Gasteiger partial charge in [0.2, 0.25) is 5.91 Å². The molecule has 31 heavy (non-hydrogen) atoms. The standard InChI is InChI=1S/C19H19N5O6S/c1-10(25)30-8-13-9-31-18-15(17(27)24(18)16(13)19(28)29)22-14(26)6-11-4-2-3-5-12(11)7-21-23-20/h2-5,15,18H,6-9H2,1H3,(H,22,26)(H,28,29)/t15?,18-/m0/s1. The number of rotatable bonds is 8. The normalized spacial score (nSPS) is 19.6. The van der Waals surface area contributed by atoms with Crippen LogP contribution in [-0.4, -0.2) is 57.5 Å². The van der Waals surface area contributed by atoms with Crippen LogP contribution in [0.3, 0.4) is 0 Å². The summed E-state index contributed by atoms with van der Waals surface area (Å²) in [7, 11) is 0. The van der Waals surface area contributed by atoms with E-state index in [9.17, 15) is 24.3 Å². The Morgan fingerprint density at radius 3 is 2.71 bits per heavy atom. The molecule has 2 aliphatic heterocycles. The van der Waals surface area contributed by atoms with E-state index in [0.717, 1.165) is 4.90 Å². The average molecular weight is 445 g/mol. The monoisotopic (exact) mass is 445 g/mol. The van der Waals surface area contributed by atoms with Crippen molar-refractivity contribution in [2.75, 3.05) is 12.4 Å². The second-order valence-electron chi connectivity index (χ2n) is 6.83. The van der Waals surface area contributed by atoms with Gasteiger partial charge in [0.25, 0.3) is 5.91 Å². The highest BCUT2D eigenvalue weighted by atomic mass is 32.2. The summed E-state index contributed by atoms with van der Waals surface area (Å²) in [5.74, 6) is -2.53. The van der Waals surface area contributed by atoms with Crippen LogP contribution in [0.1, 0.15) is 18.1 Å². The van der Waals surface area contributed by atoms with Crippen molar-refractivity contribution in [2.24, 2.45) is 5.11 Å². The number of esters is 1. The van der Waals surface area contributed by atoms with E-state index in [2.05, 4.69) is 15.3 Å². The number of carboxylic acids is 1. The maximum atomic E-state index is 12.6. The third kappa shape index (κ3) is 4.81. The molecule has 0 radical (unpaired) electrons. The van der Waals surface area contributed by atoms with Gasteiger partial charge in [0.1, 0.15) is 23.7 Å². The van der Waals surface area contributed by atoms with Gasteiger partial charge in [-0.2, -0.15) is 0 Å². The van der Waals surface area contributed by atoms with Crippen molar-refractivity contribution in [3.05, 3.63) is 57.1 Å². The van der Waals surface area contributed by atoms with Crippen molar-refractivity contribution in [3.63, 3.8) is 0 Å². The Balaban J connectivity index is 1.69. The van der Waals surface area contributed by atoms with Gasteiger partial charge in [-0.05, 0) is 16.7 Å². The van der Waals surface area contributed by atoms with Crippen LogP contribution in [-0.2, 0) is 36.9 Å². The highest BCUT2D eigenvalue weighted by molar-refractivity contribution is 8.00. The molecule has 11 nitrogen and oxygen atoms in total. The van der Waals surface area contributed by atoms with E-state index >= 15 is 0 Å². The molecule has 162 valence electrons. The number of hydrogen-bond donors (Lipinski definition) is 2. The number of hydrogen-bond acceptors (Lipinski definition) is 7. The van der Waals surface area contributed by atoms with Crippen molar-refractivity contribution in [1.29, 1.82) is 0 Å². The van der Waals surface area contributed by atoms with Gasteiger partial charge < -0.3 is 15.2 Å². The Bertz CT molecular complexity index is 1020. The van der Waals surface area contributed by atoms with E-state index in [1.165, 1.54) is 18.7 Å². The van der Waals surface area contributed by atoms with Gasteiger partial charge in [0, 0.05) is 23.2 Å². The van der Waals surface area contributed by atoms with E-state index in [4.69, 9.17) is 10.3 Å². The molecule has 0 aromatic heterocycles. The fraction of sp³-hybridized carbons (Fsp3) is 0.368. The first kappa shape index (κ1) is 22.2. The lowest BCUT2D eigenvalue weighted by molar-refractivity contribution is -0.151. The van der Waals surface area contributed by atoms with Gasteiger partial charge in [-0.1, -0.05) is 29.4 Å². The topological polar surface area (TPSA) is 162 Å². The maximum Gasteiger partial charge on any atom is 0.352 e. The Hall–Kier alpha value is -3.50. The van der Waals surface area contributed by atoms with Crippen LogP contribution < -0.4 is 5.32 Å². The predicted octanol–water partition coefficient (Wildman–Crippen LogP) is 1.34.